The summed E-state index contributed by atoms with van der Waals surface area (Å²) in [6.07, 6.45) is 0.580. The molecule has 0 aliphatic carbocycles. The van der Waals surface area contributed by atoms with Crippen molar-refractivity contribution in [2.75, 3.05) is 12.4 Å². The number of hydrogen-bond donors (Lipinski definition) is 1. The van der Waals surface area contributed by atoms with Gasteiger partial charge in [0.1, 0.15) is 5.82 Å². The van der Waals surface area contributed by atoms with Crippen molar-refractivity contribution in [3.8, 4) is 0 Å². The van der Waals surface area contributed by atoms with Crippen LogP contribution in [0.15, 0.2) is 47.3 Å². The molecule has 3 rings (SSSR count). The molecule has 0 saturated heterocycles. The van der Waals surface area contributed by atoms with Gasteiger partial charge in [-0.05, 0) is 36.8 Å². The molecule has 2 amide bonds. The number of nitrogens with one attached hydrogen (secondary N) is 1. The van der Waals surface area contributed by atoms with Crippen LogP contribution >= 0.6 is 23.2 Å². The van der Waals surface area contributed by atoms with Crippen LogP contribution in [0.1, 0.15) is 25.2 Å². The second kappa shape index (κ2) is 8.20. The van der Waals surface area contributed by atoms with E-state index in [0.717, 1.165) is 0 Å². The van der Waals surface area contributed by atoms with Crippen LogP contribution in [0.3, 0.4) is 0 Å². The number of anilines is 1. The Morgan fingerprint density at radius 3 is 2.64 bits per heavy atom. The maximum atomic E-state index is 12.8. The summed E-state index contributed by atoms with van der Waals surface area (Å²) in [5, 5.41) is 4.15. The lowest BCUT2D eigenvalue weighted by atomic mass is 10.1. The molecular formula is C20H20Cl2N4O2. The second-order valence-corrected chi connectivity index (χ2v) is 7.28. The van der Waals surface area contributed by atoms with E-state index in [0.29, 0.717) is 38.9 Å². The van der Waals surface area contributed by atoms with Gasteiger partial charge in [0.25, 0.3) is 5.56 Å². The monoisotopic (exact) mass is 418 g/mol. The maximum absolute atomic E-state index is 12.8. The fourth-order valence-electron chi connectivity index (χ4n) is 3.10. The lowest BCUT2D eigenvalue weighted by Crippen LogP contribution is -2.38. The van der Waals surface area contributed by atoms with Gasteiger partial charge < -0.3 is 10.2 Å². The molecule has 0 radical (unpaired) electrons. The zero-order valence-corrected chi connectivity index (χ0v) is 17.3. The number of amides is 2. The normalized spacial score (nSPS) is 12.0. The van der Waals surface area contributed by atoms with Crippen LogP contribution in [0, 0.1) is 0 Å². The van der Waals surface area contributed by atoms with Crippen molar-refractivity contribution in [3.05, 3.63) is 68.7 Å². The minimum absolute atomic E-state index is 0.145. The first-order valence-electron chi connectivity index (χ1n) is 8.78. The molecule has 28 heavy (non-hydrogen) atoms. The minimum atomic E-state index is -0.395. The average molecular weight is 419 g/mol. The molecule has 0 fully saturated rings. The van der Waals surface area contributed by atoms with Gasteiger partial charge in [-0.2, -0.15) is 0 Å². The Kier molecular flexibility index (Phi) is 5.91. The van der Waals surface area contributed by atoms with Crippen molar-refractivity contribution in [1.29, 1.82) is 0 Å². The summed E-state index contributed by atoms with van der Waals surface area (Å²) in [5.41, 5.74) is 0.917. The van der Waals surface area contributed by atoms with Gasteiger partial charge >= 0.3 is 6.03 Å². The molecule has 1 heterocycles. The molecule has 0 aliphatic heterocycles. The van der Waals surface area contributed by atoms with E-state index in [1.807, 2.05) is 13.0 Å². The quantitative estimate of drug-likeness (QED) is 0.657. The third-order valence-electron chi connectivity index (χ3n) is 4.66. The van der Waals surface area contributed by atoms with Gasteiger partial charge in [0, 0.05) is 19.1 Å². The van der Waals surface area contributed by atoms with Crippen LogP contribution in [0.2, 0.25) is 10.0 Å². The highest BCUT2D eigenvalue weighted by atomic mass is 35.5. The van der Waals surface area contributed by atoms with E-state index >= 15 is 0 Å². The van der Waals surface area contributed by atoms with Crippen molar-refractivity contribution in [1.82, 2.24) is 14.5 Å². The van der Waals surface area contributed by atoms with E-state index in [2.05, 4.69) is 10.3 Å². The molecule has 8 heteroatoms. The van der Waals surface area contributed by atoms with E-state index in [9.17, 15) is 9.59 Å². The van der Waals surface area contributed by atoms with Gasteiger partial charge in [0.2, 0.25) is 0 Å². The number of halogens is 2. The van der Waals surface area contributed by atoms with Crippen molar-refractivity contribution >= 4 is 45.8 Å². The van der Waals surface area contributed by atoms with Crippen molar-refractivity contribution < 1.29 is 4.79 Å². The molecule has 146 valence electrons. The van der Waals surface area contributed by atoms with Crippen molar-refractivity contribution in [2.45, 2.75) is 19.4 Å². The SMILES string of the molecule is CC[C@@H](c1nc2ccccc2c(=O)n1C)N(C)C(=O)Nc1ccc(Cl)cc1Cl. The third kappa shape index (κ3) is 3.84. The number of nitrogens with zero attached hydrogens (tertiary/aromatic N) is 3. The first kappa shape index (κ1) is 20.2. The molecule has 1 atom stereocenters. The fourth-order valence-corrected chi connectivity index (χ4v) is 3.55. The molecule has 0 aliphatic rings. The number of fused-ring (bicyclic) bond motifs is 1. The average Bonchev–Trinajstić information content (AvgIpc) is 2.68. The summed E-state index contributed by atoms with van der Waals surface area (Å²) in [7, 11) is 3.33. The Morgan fingerprint density at radius 2 is 1.96 bits per heavy atom. The highest BCUT2D eigenvalue weighted by Gasteiger charge is 2.25. The van der Waals surface area contributed by atoms with E-state index in [-0.39, 0.29) is 11.6 Å². The molecule has 1 aromatic heterocycles. The molecule has 2 aromatic carbocycles. The number of aromatic nitrogens is 2. The minimum Gasteiger partial charge on any atom is -0.317 e. The number of carbonyl (C=O) groups is 1. The van der Waals surface area contributed by atoms with E-state index in [1.54, 1.807) is 50.5 Å². The van der Waals surface area contributed by atoms with E-state index in [1.165, 1.54) is 9.47 Å². The first-order valence-corrected chi connectivity index (χ1v) is 9.53. The molecule has 6 nitrogen and oxygen atoms in total. The highest BCUT2D eigenvalue weighted by Crippen LogP contribution is 2.27. The second-order valence-electron chi connectivity index (χ2n) is 6.44. The standard InChI is InChI=1S/C20H20Cl2N4O2/c1-4-17(18-23-15-8-6-5-7-13(15)19(27)26(18)3)25(2)20(28)24-16-10-9-12(21)11-14(16)22/h5-11,17H,4H2,1-3H3,(H,24,28)/t17-/m0/s1. The number of hydrogen-bond acceptors (Lipinski definition) is 3. The highest BCUT2D eigenvalue weighted by molar-refractivity contribution is 6.36. The van der Waals surface area contributed by atoms with Gasteiger partial charge in [-0.25, -0.2) is 9.78 Å². The van der Waals surface area contributed by atoms with Crippen LogP contribution in [0.4, 0.5) is 10.5 Å². The molecule has 1 N–H and O–H groups in total. The smallest absolute Gasteiger partial charge is 0.317 e. The van der Waals surface area contributed by atoms with Gasteiger partial charge in [-0.15, -0.1) is 0 Å². The van der Waals surface area contributed by atoms with Crippen molar-refractivity contribution in [2.24, 2.45) is 7.05 Å². The summed E-state index contributed by atoms with van der Waals surface area (Å²) in [4.78, 5) is 31.7. The largest absolute Gasteiger partial charge is 0.322 e. The fraction of sp³-hybridized carbons (Fsp3) is 0.250. The zero-order chi connectivity index (χ0) is 20.4. The van der Waals surface area contributed by atoms with E-state index < -0.39 is 6.04 Å². The van der Waals surface area contributed by atoms with Crippen LogP contribution in [-0.4, -0.2) is 27.5 Å². The lowest BCUT2D eigenvalue weighted by molar-refractivity contribution is 0.198. The lowest BCUT2D eigenvalue weighted by Gasteiger charge is -2.28. The number of carbonyl (C=O) groups excluding carboxylic acids is 1. The zero-order valence-electron chi connectivity index (χ0n) is 15.7. The molecule has 0 bridgehead atoms. The number of urea groups is 1. The van der Waals surface area contributed by atoms with Crippen LogP contribution in [0.25, 0.3) is 10.9 Å². The summed E-state index contributed by atoms with van der Waals surface area (Å²) in [6, 6.07) is 11.3. The molecule has 3 aromatic rings. The summed E-state index contributed by atoms with van der Waals surface area (Å²) < 4.78 is 1.50. The van der Waals surface area contributed by atoms with Gasteiger partial charge in [-0.3, -0.25) is 9.36 Å². The number of benzene rings is 2. The molecule has 0 spiro atoms. The number of para-hydroxylation sites is 1. The Morgan fingerprint density at radius 1 is 1.25 bits per heavy atom. The Hall–Kier alpha value is -2.57. The number of rotatable bonds is 4. The van der Waals surface area contributed by atoms with Crippen molar-refractivity contribution in [3.63, 3.8) is 0 Å². The topological polar surface area (TPSA) is 67.2 Å². The van der Waals surface area contributed by atoms with Crippen LogP contribution < -0.4 is 10.9 Å². The van der Waals surface area contributed by atoms with Crippen LogP contribution in [-0.2, 0) is 7.05 Å². The predicted octanol–water partition coefficient (Wildman–Crippen LogP) is 4.86. The predicted molar refractivity (Wildman–Crippen MR) is 113 cm³/mol. The summed E-state index contributed by atoms with van der Waals surface area (Å²) >= 11 is 12.0. The maximum Gasteiger partial charge on any atom is 0.322 e. The summed E-state index contributed by atoms with van der Waals surface area (Å²) in [5.74, 6) is 0.519. The molecular weight excluding hydrogens is 399 g/mol. The molecule has 0 saturated carbocycles. The van der Waals surface area contributed by atoms with E-state index in [4.69, 9.17) is 23.2 Å². The summed E-state index contributed by atoms with van der Waals surface area (Å²) in [6.45, 7) is 1.94. The Balaban J connectivity index is 1.94. The van der Waals surface area contributed by atoms with Gasteiger partial charge in [0.15, 0.2) is 0 Å². The Labute approximate surface area is 172 Å². The molecule has 0 unspecified atom stereocenters. The Bertz CT molecular complexity index is 1100. The third-order valence-corrected chi connectivity index (χ3v) is 5.21. The van der Waals surface area contributed by atoms with Gasteiger partial charge in [0.05, 0.1) is 27.7 Å². The van der Waals surface area contributed by atoms with Crippen LogP contribution in [0.5, 0.6) is 0 Å². The van der Waals surface area contributed by atoms with Gasteiger partial charge in [-0.1, -0.05) is 42.3 Å². The first-order chi connectivity index (χ1) is 13.3.